The Balaban J connectivity index is 1.49. The minimum atomic E-state index is -0.726. The van der Waals surface area contributed by atoms with Gasteiger partial charge >= 0.3 is 0 Å². The van der Waals surface area contributed by atoms with E-state index in [2.05, 4.69) is 5.32 Å². The predicted octanol–water partition coefficient (Wildman–Crippen LogP) is 2.28. The van der Waals surface area contributed by atoms with Gasteiger partial charge < -0.3 is 24.4 Å². The molecule has 1 aromatic carbocycles. The SMILES string of the molecule is O=C1COC[C@@]2(CCCN3C(=O)COc4c(F)ccc(F)c4C4CCC(CC4)OC[C@H]32)N1. The van der Waals surface area contributed by atoms with Crippen molar-refractivity contribution in [3.8, 4) is 5.75 Å². The summed E-state index contributed by atoms with van der Waals surface area (Å²) in [7, 11) is 0. The largest absolute Gasteiger partial charge is 0.480 e. The smallest absolute Gasteiger partial charge is 0.260 e. The molecule has 0 aromatic heterocycles. The van der Waals surface area contributed by atoms with E-state index < -0.39 is 29.8 Å². The molecular formula is C23H28F2N2O5. The lowest BCUT2D eigenvalue weighted by molar-refractivity contribution is -0.156. The Morgan fingerprint density at radius 2 is 1.84 bits per heavy atom. The first-order valence-electron chi connectivity index (χ1n) is 11.4. The van der Waals surface area contributed by atoms with E-state index >= 15 is 0 Å². The molecule has 3 fully saturated rings. The molecule has 1 aromatic rings. The first-order valence-corrected chi connectivity index (χ1v) is 11.4. The highest BCUT2D eigenvalue weighted by Crippen LogP contribution is 2.42. The highest BCUT2D eigenvalue weighted by molar-refractivity contribution is 5.81. The summed E-state index contributed by atoms with van der Waals surface area (Å²) < 4.78 is 46.9. The number of amides is 2. The van der Waals surface area contributed by atoms with Crippen molar-refractivity contribution in [2.45, 2.75) is 62.1 Å². The fraction of sp³-hybridized carbons (Fsp3) is 0.652. The number of piperidine rings is 1. The Morgan fingerprint density at radius 1 is 1.06 bits per heavy atom. The number of fused-ring (bicyclic) bond motifs is 5. The monoisotopic (exact) mass is 450 g/mol. The number of carbonyl (C=O) groups excluding carboxylic acids is 2. The van der Waals surface area contributed by atoms with Gasteiger partial charge in [-0.1, -0.05) is 0 Å². The van der Waals surface area contributed by atoms with Gasteiger partial charge in [0.15, 0.2) is 18.2 Å². The molecule has 5 aliphatic rings. The third-order valence-corrected chi connectivity index (χ3v) is 7.34. The maximum Gasteiger partial charge on any atom is 0.260 e. The summed E-state index contributed by atoms with van der Waals surface area (Å²) in [6.07, 6.45) is 4.02. The number of ether oxygens (including phenoxy) is 3. The van der Waals surface area contributed by atoms with Gasteiger partial charge in [0, 0.05) is 12.1 Å². The number of nitrogens with one attached hydrogen (secondary N) is 1. The summed E-state index contributed by atoms with van der Waals surface area (Å²) >= 11 is 0. The van der Waals surface area contributed by atoms with E-state index in [4.69, 9.17) is 14.2 Å². The van der Waals surface area contributed by atoms with Crippen LogP contribution in [0, 0.1) is 11.6 Å². The van der Waals surface area contributed by atoms with E-state index in [-0.39, 0.29) is 48.4 Å². The molecule has 9 heteroatoms. The fourth-order valence-electron chi connectivity index (χ4n) is 5.76. The third kappa shape index (κ3) is 3.85. The van der Waals surface area contributed by atoms with Gasteiger partial charge in [-0.3, -0.25) is 9.59 Å². The second-order valence-corrected chi connectivity index (χ2v) is 9.27. The average molecular weight is 450 g/mol. The molecule has 2 bridgehead atoms. The first kappa shape index (κ1) is 21.6. The van der Waals surface area contributed by atoms with Crippen LogP contribution in [0.25, 0.3) is 0 Å². The van der Waals surface area contributed by atoms with Gasteiger partial charge in [-0.2, -0.15) is 0 Å². The quantitative estimate of drug-likeness (QED) is 0.656. The van der Waals surface area contributed by atoms with Crippen molar-refractivity contribution >= 4 is 11.8 Å². The minimum Gasteiger partial charge on any atom is -0.480 e. The Morgan fingerprint density at radius 3 is 2.62 bits per heavy atom. The minimum absolute atomic E-state index is 0.00196. The summed E-state index contributed by atoms with van der Waals surface area (Å²) in [5.74, 6) is -2.08. The van der Waals surface area contributed by atoms with Crippen molar-refractivity contribution in [2.75, 3.05) is 33.0 Å². The van der Waals surface area contributed by atoms with Crippen LogP contribution in [0.2, 0.25) is 0 Å². The molecule has 7 nitrogen and oxygen atoms in total. The first-order chi connectivity index (χ1) is 15.5. The number of hydrogen-bond donors (Lipinski definition) is 1. The molecule has 2 atom stereocenters. The molecule has 4 heterocycles. The van der Waals surface area contributed by atoms with E-state index in [1.807, 2.05) is 0 Å². The zero-order valence-electron chi connectivity index (χ0n) is 17.9. The van der Waals surface area contributed by atoms with Crippen LogP contribution >= 0.6 is 0 Å². The van der Waals surface area contributed by atoms with Gasteiger partial charge in [-0.05, 0) is 56.6 Å². The van der Waals surface area contributed by atoms with Gasteiger partial charge in [-0.25, -0.2) is 8.78 Å². The van der Waals surface area contributed by atoms with Crippen LogP contribution in [0.1, 0.15) is 50.0 Å². The topological polar surface area (TPSA) is 77.1 Å². The zero-order chi connectivity index (χ0) is 22.3. The Labute approximate surface area is 185 Å². The predicted molar refractivity (Wildman–Crippen MR) is 109 cm³/mol. The second-order valence-electron chi connectivity index (χ2n) is 9.27. The van der Waals surface area contributed by atoms with Crippen LogP contribution in [0.4, 0.5) is 8.78 Å². The molecule has 32 heavy (non-hydrogen) atoms. The summed E-state index contributed by atoms with van der Waals surface area (Å²) in [5, 5.41) is 3.06. The standard InChI is InChI=1S/C23H28F2N2O5/c24-16-6-7-17(25)22-21(16)14-2-4-15(5-3-14)31-10-18-23(13-30-11-19(28)26-23)8-1-9-27(18)20(29)12-32-22/h6-7,14-15,18H,1-5,8-13H2,(H,26,28)/t14?,15?,18-,23+/m0/s1. The molecule has 1 saturated carbocycles. The van der Waals surface area contributed by atoms with Crippen molar-refractivity contribution in [2.24, 2.45) is 0 Å². The number of morpholine rings is 1. The fourth-order valence-corrected chi connectivity index (χ4v) is 5.76. The van der Waals surface area contributed by atoms with E-state index in [0.717, 1.165) is 12.1 Å². The van der Waals surface area contributed by atoms with Crippen molar-refractivity contribution in [1.82, 2.24) is 10.2 Å². The second kappa shape index (κ2) is 8.59. The van der Waals surface area contributed by atoms with Gasteiger partial charge in [0.1, 0.15) is 12.4 Å². The van der Waals surface area contributed by atoms with Crippen LogP contribution in [-0.2, 0) is 19.1 Å². The molecule has 0 unspecified atom stereocenters. The van der Waals surface area contributed by atoms with Gasteiger partial charge in [0.05, 0.1) is 30.9 Å². The molecule has 2 saturated heterocycles. The lowest BCUT2D eigenvalue weighted by atomic mass is 9.80. The van der Waals surface area contributed by atoms with Crippen molar-refractivity contribution in [1.29, 1.82) is 0 Å². The van der Waals surface area contributed by atoms with Crippen molar-refractivity contribution in [3.63, 3.8) is 0 Å². The molecule has 0 radical (unpaired) electrons. The molecule has 1 N–H and O–H groups in total. The number of hydrogen-bond acceptors (Lipinski definition) is 5. The zero-order valence-corrected chi connectivity index (χ0v) is 17.9. The lowest BCUT2D eigenvalue weighted by Crippen LogP contribution is -2.72. The summed E-state index contributed by atoms with van der Waals surface area (Å²) in [6, 6.07) is 1.74. The Bertz CT molecular complexity index is 901. The number of halogens is 2. The van der Waals surface area contributed by atoms with Crippen LogP contribution in [0.3, 0.4) is 0 Å². The number of carbonyl (C=O) groups is 2. The van der Waals surface area contributed by atoms with E-state index in [0.29, 0.717) is 51.7 Å². The summed E-state index contributed by atoms with van der Waals surface area (Å²) in [4.78, 5) is 27.0. The molecule has 2 amide bonds. The molecule has 1 spiro atoms. The van der Waals surface area contributed by atoms with Gasteiger partial charge in [0.25, 0.3) is 5.91 Å². The Kier molecular flexibility index (Phi) is 5.79. The normalized spacial score (nSPS) is 33.3. The number of nitrogens with zero attached hydrogens (tertiary/aromatic N) is 1. The summed E-state index contributed by atoms with van der Waals surface area (Å²) in [5.41, 5.74) is -0.509. The maximum absolute atomic E-state index is 14.7. The Hall–Kier alpha value is -2.26. The number of benzene rings is 1. The van der Waals surface area contributed by atoms with Gasteiger partial charge in [0.2, 0.25) is 5.91 Å². The molecular weight excluding hydrogens is 422 g/mol. The van der Waals surface area contributed by atoms with Crippen molar-refractivity contribution < 1.29 is 32.6 Å². The lowest BCUT2D eigenvalue weighted by Gasteiger charge is -2.51. The van der Waals surface area contributed by atoms with E-state index in [9.17, 15) is 18.4 Å². The average Bonchev–Trinajstić information content (AvgIpc) is 2.80. The van der Waals surface area contributed by atoms with Crippen LogP contribution in [-0.4, -0.2) is 67.4 Å². The highest BCUT2D eigenvalue weighted by atomic mass is 19.1. The van der Waals surface area contributed by atoms with Crippen LogP contribution < -0.4 is 10.1 Å². The van der Waals surface area contributed by atoms with E-state index in [1.54, 1.807) is 4.90 Å². The van der Waals surface area contributed by atoms with E-state index in [1.165, 1.54) is 0 Å². The molecule has 1 aliphatic carbocycles. The van der Waals surface area contributed by atoms with Crippen LogP contribution in [0.5, 0.6) is 5.75 Å². The molecule has 174 valence electrons. The highest BCUT2D eigenvalue weighted by Gasteiger charge is 2.50. The van der Waals surface area contributed by atoms with Crippen LogP contribution in [0.15, 0.2) is 12.1 Å². The van der Waals surface area contributed by atoms with Gasteiger partial charge in [-0.15, -0.1) is 0 Å². The van der Waals surface area contributed by atoms with Crippen molar-refractivity contribution in [3.05, 3.63) is 29.3 Å². The summed E-state index contributed by atoms with van der Waals surface area (Å²) in [6.45, 7) is 0.621. The molecule has 6 rings (SSSR count). The maximum atomic E-state index is 14.7. The third-order valence-electron chi connectivity index (χ3n) is 7.34. The number of rotatable bonds is 0. The molecule has 4 aliphatic heterocycles.